The van der Waals surface area contributed by atoms with E-state index in [0.29, 0.717) is 10.9 Å². The molecule has 2 N–H and O–H groups in total. The molecule has 0 unspecified atom stereocenters. The van der Waals surface area contributed by atoms with Crippen molar-refractivity contribution in [2.75, 3.05) is 26.1 Å². The summed E-state index contributed by atoms with van der Waals surface area (Å²) >= 11 is 0. The quantitative estimate of drug-likeness (QED) is 0.872. The van der Waals surface area contributed by atoms with Gasteiger partial charge in [0.15, 0.2) is 9.84 Å². The highest BCUT2D eigenvalue weighted by molar-refractivity contribution is 7.93. The van der Waals surface area contributed by atoms with Crippen molar-refractivity contribution in [3.05, 3.63) is 24.4 Å². The van der Waals surface area contributed by atoms with E-state index in [2.05, 4.69) is 10.3 Å². The summed E-state index contributed by atoms with van der Waals surface area (Å²) in [5.74, 6) is 0.217. The van der Waals surface area contributed by atoms with Gasteiger partial charge in [-0.05, 0) is 26.0 Å². The van der Waals surface area contributed by atoms with Crippen molar-refractivity contribution in [1.29, 1.82) is 0 Å². The molecule has 0 atom stereocenters. The lowest BCUT2D eigenvalue weighted by molar-refractivity contribution is 0.258. The fraction of sp³-hybridized carbons (Fsp3) is 0.400. The zero-order chi connectivity index (χ0) is 16.5. The Morgan fingerprint density at radius 1 is 1.36 bits per heavy atom. The molecule has 0 aliphatic heterocycles. The summed E-state index contributed by atoms with van der Waals surface area (Å²) in [6.07, 6.45) is 1.64. The number of pyridine rings is 1. The minimum Gasteiger partial charge on any atom is -0.495 e. The van der Waals surface area contributed by atoms with Crippen LogP contribution in [-0.4, -0.2) is 44.0 Å². The summed E-state index contributed by atoms with van der Waals surface area (Å²) in [7, 11) is -0.613. The highest BCUT2D eigenvalue weighted by atomic mass is 32.2. The highest BCUT2D eigenvalue weighted by Gasteiger charge is 2.37. The molecule has 0 amide bonds. The molecule has 7 heteroatoms. The van der Waals surface area contributed by atoms with E-state index < -0.39 is 21.2 Å². The molecule has 0 spiro atoms. The van der Waals surface area contributed by atoms with Crippen molar-refractivity contribution in [3.8, 4) is 5.75 Å². The van der Waals surface area contributed by atoms with Gasteiger partial charge in [0.2, 0.25) is 0 Å². The third-order valence-electron chi connectivity index (χ3n) is 3.69. The van der Waals surface area contributed by atoms with E-state index in [4.69, 9.17) is 4.74 Å². The van der Waals surface area contributed by atoms with Crippen LogP contribution in [0.15, 0.2) is 29.3 Å². The molecule has 2 rings (SSSR count). The average Bonchev–Trinajstić information content (AvgIpc) is 2.52. The average molecular weight is 324 g/mol. The summed E-state index contributed by atoms with van der Waals surface area (Å²) in [6, 6.07) is 4.90. The van der Waals surface area contributed by atoms with E-state index in [1.54, 1.807) is 31.4 Å². The first-order valence-electron chi connectivity index (χ1n) is 6.78. The molecule has 0 saturated heterocycles. The standard InChI is InChI=1S/C15H20N2O4S/c1-15(2,9-18)22(19,20)14-7-10-11(16-3)5-6-17-12(10)8-13(14)21-4/h5-8,18H,9H2,1-4H3,(H,16,17). The van der Waals surface area contributed by atoms with Gasteiger partial charge in [-0.3, -0.25) is 4.98 Å². The number of ether oxygens (including phenoxy) is 1. The van der Waals surface area contributed by atoms with Crippen molar-refractivity contribution in [2.24, 2.45) is 0 Å². The Morgan fingerprint density at radius 3 is 2.59 bits per heavy atom. The molecule has 0 aliphatic carbocycles. The van der Waals surface area contributed by atoms with Crippen molar-refractivity contribution in [3.63, 3.8) is 0 Å². The molecule has 22 heavy (non-hydrogen) atoms. The number of aliphatic hydroxyl groups excluding tert-OH is 1. The molecule has 120 valence electrons. The number of rotatable bonds is 5. The van der Waals surface area contributed by atoms with Crippen molar-refractivity contribution in [1.82, 2.24) is 4.98 Å². The summed E-state index contributed by atoms with van der Waals surface area (Å²) in [5.41, 5.74) is 1.40. The molecule has 1 aromatic heterocycles. The number of hydrogen-bond donors (Lipinski definition) is 2. The van der Waals surface area contributed by atoms with Crippen LogP contribution in [0.5, 0.6) is 5.75 Å². The number of fused-ring (bicyclic) bond motifs is 1. The fourth-order valence-corrected chi connectivity index (χ4v) is 3.57. The molecule has 0 aliphatic rings. The first-order chi connectivity index (χ1) is 10.3. The van der Waals surface area contributed by atoms with Crippen LogP contribution < -0.4 is 10.1 Å². The van der Waals surface area contributed by atoms with Gasteiger partial charge in [0.05, 0.1) is 24.0 Å². The highest BCUT2D eigenvalue weighted by Crippen LogP contribution is 2.36. The second-order valence-corrected chi connectivity index (χ2v) is 8.10. The molecule has 1 aromatic carbocycles. The minimum absolute atomic E-state index is 0.0473. The van der Waals surface area contributed by atoms with E-state index in [9.17, 15) is 13.5 Å². The van der Waals surface area contributed by atoms with Gasteiger partial charge in [-0.1, -0.05) is 0 Å². The van der Waals surface area contributed by atoms with Crippen molar-refractivity contribution < 1.29 is 18.3 Å². The van der Waals surface area contributed by atoms with Crippen LogP contribution in [-0.2, 0) is 9.84 Å². The first-order valence-corrected chi connectivity index (χ1v) is 8.27. The van der Waals surface area contributed by atoms with Crippen LogP contribution in [0, 0.1) is 0 Å². The lowest BCUT2D eigenvalue weighted by Gasteiger charge is -2.23. The number of anilines is 1. The Morgan fingerprint density at radius 2 is 2.05 bits per heavy atom. The van der Waals surface area contributed by atoms with Crippen molar-refractivity contribution >= 4 is 26.4 Å². The second-order valence-electron chi connectivity index (χ2n) is 5.55. The van der Waals surface area contributed by atoms with Crippen LogP contribution in [0.2, 0.25) is 0 Å². The lowest BCUT2D eigenvalue weighted by atomic mass is 10.2. The van der Waals surface area contributed by atoms with Crippen LogP contribution in [0.25, 0.3) is 10.9 Å². The Kier molecular flexibility index (Phi) is 4.30. The molecule has 0 fully saturated rings. The molecule has 0 saturated carbocycles. The topological polar surface area (TPSA) is 88.5 Å². The van der Waals surface area contributed by atoms with Gasteiger partial charge >= 0.3 is 0 Å². The van der Waals surface area contributed by atoms with E-state index in [-0.39, 0.29) is 10.6 Å². The van der Waals surface area contributed by atoms with Gasteiger partial charge in [0, 0.05) is 30.4 Å². The Hall–Kier alpha value is -1.86. The molecular weight excluding hydrogens is 304 g/mol. The van der Waals surface area contributed by atoms with Gasteiger partial charge in [-0.2, -0.15) is 0 Å². The lowest BCUT2D eigenvalue weighted by Crippen LogP contribution is -2.36. The van der Waals surface area contributed by atoms with Crippen LogP contribution in [0.3, 0.4) is 0 Å². The number of sulfone groups is 1. The first kappa shape index (κ1) is 16.5. The maximum atomic E-state index is 12.8. The Bertz CT molecular complexity index is 801. The predicted octanol–water partition coefficient (Wildman–Crippen LogP) is 1.83. The summed E-state index contributed by atoms with van der Waals surface area (Å²) < 4.78 is 29.6. The third kappa shape index (κ3) is 2.50. The van der Waals surface area contributed by atoms with Crippen molar-refractivity contribution in [2.45, 2.75) is 23.5 Å². The Labute approximate surface area is 130 Å². The van der Waals surface area contributed by atoms with Crippen LogP contribution in [0.4, 0.5) is 5.69 Å². The van der Waals surface area contributed by atoms with Crippen LogP contribution >= 0.6 is 0 Å². The molecular formula is C15H20N2O4S. The number of nitrogens with zero attached hydrogens (tertiary/aromatic N) is 1. The maximum absolute atomic E-state index is 12.8. The SMILES string of the molecule is CNc1ccnc2cc(OC)c(S(=O)(=O)C(C)(C)CO)cc12. The number of hydrogen-bond acceptors (Lipinski definition) is 6. The zero-order valence-corrected chi connectivity index (χ0v) is 13.9. The van der Waals surface area contributed by atoms with Gasteiger partial charge in [0.25, 0.3) is 0 Å². The van der Waals surface area contributed by atoms with Crippen LogP contribution in [0.1, 0.15) is 13.8 Å². The summed E-state index contributed by atoms with van der Waals surface area (Å²) in [4.78, 5) is 4.29. The van der Waals surface area contributed by atoms with Gasteiger partial charge < -0.3 is 15.2 Å². The number of aliphatic hydroxyl groups is 1. The number of nitrogens with one attached hydrogen (secondary N) is 1. The smallest absolute Gasteiger partial charge is 0.189 e. The maximum Gasteiger partial charge on any atom is 0.189 e. The largest absolute Gasteiger partial charge is 0.495 e. The number of benzene rings is 1. The molecule has 0 bridgehead atoms. The monoisotopic (exact) mass is 324 g/mol. The van der Waals surface area contributed by atoms with E-state index >= 15 is 0 Å². The second kappa shape index (κ2) is 5.73. The molecule has 6 nitrogen and oxygen atoms in total. The van der Waals surface area contributed by atoms with Gasteiger partial charge in [-0.25, -0.2) is 8.42 Å². The molecule has 0 radical (unpaired) electrons. The fourth-order valence-electron chi connectivity index (χ4n) is 2.12. The normalized spacial score (nSPS) is 12.4. The summed E-state index contributed by atoms with van der Waals surface area (Å²) in [5, 5.41) is 13.1. The molecule has 1 heterocycles. The Balaban J connectivity index is 2.83. The van der Waals surface area contributed by atoms with Gasteiger partial charge in [0.1, 0.15) is 10.6 Å². The number of aromatic nitrogens is 1. The minimum atomic E-state index is -3.78. The zero-order valence-electron chi connectivity index (χ0n) is 13.0. The van der Waals surface area contributed by atoms with Gasteiger partial charge in [-0.15, -0.1) is 0 Å². The van der Waals surface area contributed by atoms with E-state index in [1.165, 1.54) is 21.0 Å². The summed E-state index contributed by atoms with van der Waals surface area (Å²) in [6.45, 7) is 2.48. The predicted molar refractivity (Wildman–Crippen MR) is 86.2 cm³/mol. The third-order valence-corrected chi connectivity index (χ3v) is 6.18. The van der Waals surface area contributed by atoms with E-state index in [0.717, 1.165) is 5.69 Å². The number of methoxy groups -OCH3 is 1. The molecule has 2 aromatic rings. The van der Waals surface area contributed by atoms with E-state index in [1.807, 2.05) is 0 Å².